The molecule has 1 saturated heterocycles. The quantitative estimate of drug-likeness (QED) is 0.205. The van der Waals surface area contributed by atoms with Gasteiger partial charge in [0.1, 0.15) is 23.9 Å². The number of likely N-dealkylation sites (N-methyl/N-ethyl adjacent to an activating group) is 1. The van der Waals surface area contributed by atoms with Crippen molar-refractivity contribution >= 4 is 35.3 Å². The first-order valence-electron chi connectivity index (χ1n) is 12.4. The minimum absolute atomic E-state index is 0.0293. The van der Waals surface area contributed by atoms with Crippen molar-refractivity contribution in [3.05, 3.63) is 0 Å². The first-order chi connectivity index (χ1) is 16.8. The highest BCUT2D eigenvalue weighted by Gasteiger charge is 2.37. The number of ketones is 1. The zero-order valence-electron chi connectivity index (χ0n) is 22.4. The van der Waals surface area contributed by atoms with E-state index in [0.29, 0.717) is 19.4 Å². The van der Waals surface area contributed by atoms with Gasteiger partial charge in [0.2, 0.25) is 29.5 Å². The van der Waals surface area contributed by atoms with Gasteiger partial charge < -0.3 is 31.5 Å². The van der Waals surface area contributed by atoms with Crippen LogP contribution < -0.4 is 26.6 Å². The Bertz CT molecular complexity index is 830. The molecule has 0 radical (unpaired) electrons. The molecule has 0 spiro atoms. The maximum absolute atomic E-state index is 13.0. The highest BCUT2D eigenvalue weighted by atomic mass is 16.2. The number of likely N-dealkylation sites (tertiary alicyclic amines) is 1. The normalized spacial score (nSPS) is 17.8. The fourth-order valence-corrected chi connectivity index (χ4v) is 4.05. The van der Waals surface area contributed by atoms with Crippen LogP contribution in [0.4, 0.5) is 0 Å². The first-order valence-corrected chi connectivity index (χ1v) is 12.4. The van der Waals surface area contributed by atoms with Gasteiger partial charge in [0.25, 0.3) is 0 Å². The third-order valence-electron chi connectivity index (χ3n) is 6.03. The summed E-state index contributed by atoms with van der Waals surface area (Å²) in [6.45, 7) is 10.1. The molecule has 0 aromatic heterocycles. The standard InChI is InChI=1S/C24H42N6O6/c1-13(2)19(25-7)22(34)27-12-18(32)29-20(14(3)4)23(35)28-16(6)24(36)30-10-8-9-17(30)21(33)26-11-15(5)31/h13-14,16-17,19-20,25H,8-12H2,1-7H3,(H,26,33)(H,27,34)(H,28,35)(H,29,32). The smallest absolute Gasteiger partial charge is 0.245 e. The zero-order valence-corrected chi connectivity index (χ0v) is 22.4. The van der Waals surface area contributed by atoms with E-state index in [9.17, 15) is 28.8 Å². The third-order valence-corrected chi connectivity index (χ3v) is 6.03. The molecule has 0 aromatic rings. The van der Waals surface area contributed by atoms with Crippen LogP contribution in [-0.2, 0) is 28.8 Å². The lowest BCUT2D eigenvalue weighted by molar-refractivity contribution is -0.141. The summed E-state index contributed by atoms with van der Waals surface area (Å²) in [6, 6.07) is -3.01. The molecule has 5 N–H and O–H groups in total. The van der Waals surface area contributed by atoms with Gasteiger partial charge in [-0.15, -0.1) is 0 Å². The van der Waals surface area contributed by atoms with Gasteiger partial charge in [-0.25, -0.2) is 0 Å². The maximum Gasteiger partial charge on any atom is 0.245 e. The third kappa shape index (κ3) is 9.21. The lowest BCUT2D eigenvalue weighted by Crippen LogP contribution is -2.57. The molecular weight excluding hydrogens is 468 g/mol. The van der Waals surface area contributed by atoms with Crippen LogP contribution in [0.2, 0.25) is 0 Å². The lowest BCUT2D eigenvalue weighted by atomic mass is 10.0. The summed E-state index contributed by atoms with van der Waals surface area (Å²) < 4.78 is 0. The number of Topliss-reactive ketones (excluding diaryl/α,β-unsaturated/α-hetero) is 1. The molecule has 1 heterocycles. The second kappa shape index (κ2) is 14.5. The molecule has 1 aliphatic rings. The van der Waals surface area contributed by atoms with Crippen molar-refractivity contribution in [2.24, 2.45) is 11.8 Å². The number of nitrogens with zero attached hydrogens (tertiary/aromatic N) is 1. The predicted molar refractivity (Wildman–Crippen MR) is 133 cm³/mol. The number of amides is 5. The van der Waals surface area contributed by atoms with Gasteiger partial charge in [0.15, 0.2) is 0 Å². The molecule has 4 unspecified atom stereocenters. The van der Waals surface area contributed by atoms with Crippen LogP contribution in [0.25, 0.3) is 0 Å². The molecule has 36 heavy (non-hydrogen) atoms. The molecule has 0 bridgehead atoms. The van der Waals surface area contributed by atoms with Crippen LogP contribution >= 0.6 is 0 Å². The minimum Gasteiger partial charge on any atom is -0.347 e. The largest absolute Gasteiger partial charge is 0.347 e. The van der Waals surface area contributed by atoms with Crippen LogP contribution in [0.1, 0.15) is 54.4 Å². The van der Waals surface area contributed by atoms with E-state index in [1.807, 2.05) is 13.8 Å². The summed E-state index contributed by atoms with van der Waals surface area (Å²) in [6.07, 6.45) is 1.10. The second-order valence-corrected chi connectivity index (χ2v) is 9.86. The topological polar surface area (TPSA) is 166 Å². The Kier molecular flexibility index (Phi) is 12.5. The lowest BCUT2D eigenvalue weighted by Gasteiger charge is -2.29. The van der Waals surface area contributed by atoms with Gasteiger partial charge in [0.05, 0.1) is 19.1 Å². The molecule has 4 atom stereocenters. The highest BCUT2D eigenvalue weighted by Crippen LogP contribution is 2.18. The number of carbonyl (C=O) groups is 6. The predicted octanol–water partition coefficient (Wildman–Crippen LogP) is -1.31. The van der Waals surface area contributed by atoms with E-state index >= 15 is 0 Å². The fraction of sp³-hybridized carbons (Fsp3) is 0.750. The Hall–Kier alpha value is -3.02. The Morgan fingerprint density at radius 3 is 1.97 bits per heavy atom. The summed E-state index contributed by atoms with van der Waals surface area (Å²) in [4.78, 5) is 75.6. The van der Waals surface area contributed by atoms with Crippen molar-refractivity contribution < 1.29 is 28.8 Å². The average Bonchev–Trinajstić information content (AvgIpc) is 3.28. The average molecular weight is 511 g/mol. The van der Waals surface area contributed by atoms with Crippen LogP contribution in [0.5, 0.6) is 0 Å². The van der Waals surface area contributed by atoms with E-state index in [2.05, 4.69) is 26.6 Å². The van der Waals surface area contributed by atoms with Gasteiger partial charge in [-0.2, -0.15) is 0 Å². The van der Waals surface area contributed by atoms with Crippen molar-refractivity contribution in [2.45, 2.75) is 78.6 Å². The summed E-state index contributed by atoms with van der Waals surface area (Å²) in [5.41, 5.74) is 0. The van der Waals surface area contributed by atoms with Crippen molar-refractivity contribution in [3.8, 4) is 0 Å². The molecule has 1 aliphatic heterocycles. The molecule has 5 amide bonds. The molecule has 1 fully saturated rings. The minimum atomic E-state index is -0.931. The van der Waals surface area contributed by atoms with E-state index in [-0.39, 0.29) is 36.6 Å². The van der Waals surface area contributed by atoms with Crippen molar-refractivity contribution in [1.29, 1.82) is 0 Å². The molecular formula is C24H42N6O6. The zero-order chi connectivity index (χ0) is 27.6. The summed E-state index contributed by atoms with van der Waals surface area (Å²) >= 11 is 0. The Morgan fingerprint density at radius 1 is 0.833 bits per heavy atom. The van der Waals surface area contributed by atoms with E-state index in [1.165, 1.54) is 18.7 Å². The Morgan fingerprint density at radius 2 is 1.44 bits per heavy atom. The highest BCUT2D eigenvalue weighted by molar-refractivity contribution is 5.95. The van der Waals surface area contributed by atoms with E-state index in [0.717, 1.165) is 0 Å². The Labute approximate surface area is 213 Å². The Balaban J connectivity index is 2.71. The van der Waals surface area contributed by atoms with Gasteiger partial charge in [-0.05, 0) is 45.6 Å². The van der Waals surface area contributed by atoms with Gasteiger partial charge in [-0.3, -0.25) is 28.8 Å². The van der Waals surface area contributed by atoms with Gasteiger partial charge in [0, 0.05) is 6.54 Å². The second-order valence-electron chi connectivity index (χ2n) is 9.86. The summed E-state index contributed by atoms with van der Waals surface area (Å²) in [5.74, 6) is -2.66. The van der Waals surface area contributed by atoms with Gasteiger partial charge in [-0.1, -0.05) is 27.7 Å². The van der Waals surface area contributed by atoms with Crippen LogP contribution in [-0.4, -0.2) is 91.1 Å². The SMILES string of the molecule is CNC(C(=O)NCC(=O)NC(C(=O)NC(C)C(=O)N1CCCC1C(=O)NCC(C)=O)C(C)C)C(C)C. The van der Waals surface area contributed by atoms with Crippen LogP contribution in [0, 0.1) is 11.8 Å². The summed E-state index contributed by atoms with van der Waals surface area (Å²) in [5, 5.41) is 13.2. The number of hydrogen-bond donors (Lipinski definition) is 5. The van der Waals surface area contributed by atoms with E-state index < -0.39 is 47.8 Å². The number of nitrogens with one attached hydrogen (secondary N) is 5. The van der Waals surface area contributed by atoms with Crippen LogP contribution in [0.15, 0.2) is 0 Å². The van der Waals surface area contributed by atoms with E-state index in [4.69, 9.17) is 0 Å². The molecule has 204 valence electrons. The molecule has 0 aromatic carbocycles. The number of rotatable bonds is 13. The van der Waals surface area contributed by atoms with Gasteiger partial charge >= 0.3 is 0 Å². The summed E-state index contributed by atoms with van der Waals surface area (Å²) in [7, 11) is 1.66. The monoisotopic (exact) mass is 510 g/mol. The van der Waals surface area contributed by atoms with Crippen molar-refractivity contribution in [2.75, 3.05) is 26.7 Å². The number of carbonyl (C=O) groups excluding carboxylic acids is 6. The molecule has 12 nitrogen and oxygen atoms in total. The molecule has 0 aliphatic carbocycles. The van der Waals surface area contributed by atoms with Crippen LogP contribution in [0.3, 0.4) is 0 Å². The molecule has 12 heteroatoms. The number of hydrogen-bond acceptors (Lipinski definition) is 7. The molecule has 0 saturated carbocycles. The van der Waals surface area contributed by atoms with Crippen molar-refractivity contribution in [1.82, 2.24) is 31.5 Å². The first kappa shape index (κ1) is 31.0. The maximum atomic E-state index is 13.0. The fourth-order valence-electron chi connectivity index (χ4n) is 4.05. The van der Waals surface area contributed by atoms with Crippen molar-refractivity contribution in [3.63, 3.8) is 0 Å². The van der Waals surface area contributed by atoms with E-state index in [1.54, 1.807) is 20.9 Å². The molecule has 1 rings (SSSR count).